The Morgan fingerprint density at radius 1 is 1.18 bits per heavy atom. The van der Waals surface area contributed by atoms with Crippen LogP contribution in [0.4, 0.5) is 4.39 Å². The first kappa shape index (κ1) is 20.0. The maximum Gasteiger partial charge on any atom is 0.252 e. The highest BCUT2D eigenvalue weighted by molar-refractivity contribution is 7.90. The normalized spacial score (nSPS) is 17.0. The van der Waals surface area contributed by atoms with Gasteiger partial charge < -0.3 is 10.2 Å². The Morgan fingerprint density at radius 3 is 2.54 bits per heavy atom. The molecule has 1 unspecified atom stereocenters. The van der Waals surface area contributed by atoms with Gasteiger partial charge in [-0.15, -0.1) is 0 Å². The van der Waals surface area contributed by atoms with Crippen LogP contribution in [-0.2, 0) is 21.2 Å². The Kier molecular flexibility index (Phi) is 5.79. The van der Waals surface area contributed by atoms with Crippen LogP contribution < -0.4 is 5.32 Å². The number of amides is 2. The molecule has 8 heteroatoms. The van der Waals surface area contributed by atoms with E-state index in [1.165, 1.54) is 24.3 Å². The molecule has 0 aliphatic carbocycles. The van der Waals surface area contributed by atoms with Gasteiger partial charge in [-0.3, -0.25) is 9.59 Å². The molecule has 0 aromatic heterocycles. The minimum absolute atomic E-state index is 0.0204. The molecule has 2 aromatic rings. The molecule has 1 heterocycles. The van der Waals surface area contributed by atoms with Crippen LogP contribution in [0, 0.1) is 11.7 Å². The Morgan fingerprint density at radius 2 is 1.86 bits per heavy atom. The number of benzene rings is 2. The highest BCUT2D eigenvalue weighted by atomic mass is 32.2. The molecule has 0 bridgehead atoms. The van der Waals surface area contributed by atoms with Gasteiger partial charge in [-0.1, -0.05) is 24.3 Å². The number of hydrogen-bond acceptors (Lipinski definition) is 4. The van der Waals surface area contributed by atoms with Crippen LogP contribution in [0.3, 0.4) is 0 Å². The zero-order valence-corrected chi connectivity index (χ0v) is 16.2. The van der Waals surface area contributed by atoms with Crippen molar-refractivity contribution in [1.29, 1.82) is 0 Å². The lowest BCUT2D eigenvalue weighted by atomic mass is 10.1. The third kappa shape index (κ3) is 4.75. The van der Waals surface area contributed by atoms with Crippen LogP contribution in [0.1, 0.15) is 22.3 Å². The maximum atomic E-state index is 13.0. The quantitative estimate of drug-likeness (QED) is 0.798. The molecule has 0 radical (unpaired) electrons. The van der Waals surface area contributed by atoms with E-state index >= 15 is 0 Å². The molecule has 1 atom stereocenters. The Bertz CT molecular complexity index is 990. The van der Waals surface area contributed by atoms with Gasteiger partial charge in [0.05, 0.1) is 10.5 Å². The van der Waals surface area contributed by atoms with Crippen molar-refractivity contribution in [3.05, 3.63) is 65.5 Å². The number of carbonyl (C=O) groups excluding carboxylic acids is 2. The number of likely N-dealkylation sites (tertiary alicyclic amines) is 1. The Labute approximate surface area is 163 Å². The maximum absolute atomic E-state index is 13.0. The highest BCUT2D eigenvalue weighted by Gasteiger charge is 2.30. The zero-order valence-electron chi connectivity index (χ0n) is 15.4. The van der Waals surface area contributed by atoms with Crippen LogP contribution in [-0.4, -0.2) is 44.5 Å². The van der Waals surface area contributed by atoms with Crippen molar-refractivity contribution in [2.24, 2.45) is 5.92 Å². The molecule has 2 aromatic carbocycles. The molecule has 0 saturated carbocycles. The van der Waals surface area contributed by atoms with Gasteiger partial charge >= 0.3 is 0 Å². The monoisotopic (exact) mass is 404 g/mol. The number of rotatable bonds is 6. The largest absolute Gasteiger partial charge is 0.352 e. The van der Waals surface area contributed by atoms with Crippen LogP contribution in [0.15, 0.2) is 53.4 Å². The average molecular weight is 404 g/mol. The Balaban J connectivity index is 1.59. The van der Waals surface area contributed by atoms with E-state index in [1.807, 2.05) is 0 Å². The van der Waals surface area contributed by atoms with Crippen LogP contribution in [0.2, 0.25) is 0 Å². The molecule has 28 heavy (non-hydrogen) atoms. The van der Waals surface area contributed by atoms with Crippen LogP contribution in [0.25, 0.3) is 0 Å². The van der Waals surface area contributed by atoms with E-state index in [1.54, 1.807) is 29.2 Å². The third-order valence-electron chi connectivity index (χ3n) is 4.66. The lowest BCUT2D eigenvalue weighted by Crippen LogP contribution is -2.31. The fourth-order valence-corrected chi connectivity index (χ4v) is 4.15. The Hall–Kier alpha value is -2.74. The molecule has 1 aliphatic heterocycles. The van der Waals surface area contributed by atoms with Gasteiger partial charge in [-0.2, -0.15) is 0 Å². The second-order valence-corrected chi connectivity index (χ2v) is 8.93. The number of halogens is 1. The molecule has 1 saturated heterocycles. The zero-order chi connectivity index (χ0) is 20.3. The average Bonchev–Trinajstić information content (AvgIpc) is 3.00. The fourth-order valence-electron chi connectivity index (χ4n) is 3.26. The summed E-state index contributed by atoms with van der Waals surface area (Å²) in [5, 5.41) is 2.73. The second kappa shape index (κ2) is 8.10. The molecule has 1 N–H and O–H groups in total. The van der Waals surface area contributed by atoms with Crippen LogP contribution in [0.5, 0.6) is 0 Å². The molecule has 148 valence electrons. The SMILES string of the molecule is CS(=O)(=O)c1ccccc1C(=O)NCC1CC(=O)N(Cc2ccc(F)cc2)C1. The van der Waals surface area contributed by atoms with Crippen LogP contribution >= 0.6 is 0 Å². The molecular weight excluding hydrogens is 383 g/mol. The summed E-state index contributed by atoms with van der Waals surface area (Å²) >= 11 is 0. The van der Waals surface area contributed by atoms with Crippen molar-refractivity contribution in [2.45, 2.75) is 17.9 Å². The summed E-state index contributed by atoms with van der Waals surface area (Å²) in [5.41, 5.74) is 0.930. The van der Waals surface area contributed by atoms with Gasteiger partial charge in [0.2, 0.25) is 5.91 Å². The molecule has 2 amide bonds. The number of hydrogen-bond donors (Lipinski definition) is 1. The first-order chi connectivity index (χ1) is 13.2. The molecular formula is C20H21FN2O4S. The van der Waals surface area contributed by atoms with Gasteiger partial charge in [-0.25, -0.2) is 12.8 Å². The standard InChI is InChI=1S/C20H21FN2O4S/c1-28(26,27)18-5-3-2-4-17(18)20(25)22-11-15-10-19(24)23(13-15)12-14-6-8-16(21)9-7-14/h2-9,15H,10-13H2,1H3,(H,22,25). The van der Waals surface area contributed by atoms with Gasteiger partial charge in [0, 0.05) is 38.2 Å². The number of nitrogens with zero attached hydrogens (tertiary/aromatic N) is 1. The topological polar surface area (TPSA) is 83.5 Å². The first-order valence-electron chi connectivity index (χ1n) is 8.83. The van der Waals surface area contributed by atoms with Crippen molar-refractivity contribution >= 4 is 21.7 Å². The van der Waals surface area contributed by atoms with E-state index in [4.69, 9.17) is 0 Å². The lowest BCUT2D eigenvalue weighted by molar-refractivity contribution is -0.128. The lowest BCUT2D eigenvalue weighted by Gasteiger charge is -2.17. The van der Waals surface area contributed by atoms with Gasteiger partial charge in [0.1, 0.15) is 5.82 Å². The predicted molar refractivity (Wildman–Crippen MR) is 102 cm³/mol. The van der Waals surface area contributed by atoms with E-state index in [0.29, 0.717) is 19.5 Å². The van der Waals surface area contributed by atoms with Crippen molar-refractivity contribution in [3.63, 3.8) is 0 Å². The molecule has 1 fully saturated rings. The smallest absolute Gasteiger partial charge is 0.252 e. The van der Waals surface area contributed by atoms with E-state index in [9.17, 15) is 22.4 Å². The van der Waals surface area contributed by atoms with Crippen molar-refractivity contribution < 1.29 is 22.4 Å². The summed E-state index contributed by atoms with van der Waals surface area (Å²) < 4.78 is 36.7. The molecule has 3 rings (SSSR count). The third-order valence-corrected chi connectivity index (χ3v) is 5.82. The van der Waals surface area contributed by atoms with E-state index in [0.717, 1.165) is 11.8 Å². The van der Waals surface area contributed by atoms with E-state index < -0.39 is 15.7 Å². The first-order valence-corrected chi connectivity index (χ1v) is 10.7. The van der Waals surface area contributed by atoms with E-state index in [2.05, 4.69) is 5.32 Å². The summed E-state index contributed by atoms with van der Waals surface area (Å²) in [7, 11) is -3.52. The summed E-state index contributed by atoms with van der Waals surface area (Å²) in [6, 6.07) is 12.0. The van der Waals surface area contributed by atoms with Gasteiger partial charge in [0.15, 0.2) is 9.84 Å². The van der Waals surface area contributed by atoms with E-state index in [-0.39, 0.29) is 34.6 Å². The number of sulfone groups is 1. The van der Waals surface area contributed by atoms with Crippen molar-refractivity contribution in [1.82, 2.24) is 10.2 Å². The predicted octanol–water partition coefficient (Wildman–Crippen LogP) is 2.01. The second-order valence-electron chi connectivity index (χ2n) is 6.95. The summed E-state index contributed by atoms with van der Waals surface area (Å²) in [6.45, 7) is 1.13. The minimum Gasteiger partial charge on any atom is -0.352 e. The molecule has 1 aliphatic rings. The summed E-state index contributed by atoms with van der Waals surface area (Å²) in [4.78, 5) is 26.3. The summed E-state index contributed by atoms with van der Waals surface area (Å²) in [5.74, 6) is -0.903. The molecule has 6 nitrogen and oxygen atoms in total. The fraction of sp³-hybridized carbons (Fsp3) is 0.300. The highest BCUT2D eigenvalue weighted by Crippen LogP contribution is 2.20. The van der Waals surface area contributed by atoms with Gasteiger partial charge in [0.25, 0.3) is 5.91 Å². The minimum atomic E-state index is -3.52. The number of carbonyl (C=O) groups is 2. The van der Waals surface area contributed by atoms with Crippen molar-refractivity contribution in [2.75, 3.05) is 19.3 Å². The summed E-state index contributed by atoms with van der Waals surface area (Å²) in [6.07, 6.45) is 1.36. The number of nitrogens with one attached hydrogen (secondary N) is 1. The van der Waals surface area contributed by atoms with Crippen molar-refractivity contribution in [3.8, 4) is 0 Å². The molecule has 0 spiro atoms. The van der Waals surface area contributed by atoms with Gasteiger partial charge in [-0.05, 0) is 29.8 Å².